The normalized spacial score (nSPS) is 12.0. The fraction of sp³-hybridized carbons (Fsp3) is 0.800. The molecular weight excluding hydrogens is 196 g/mol. The van der Waals surface area contributed by atoms with E-state index in [1.165, 1.54) is 4.90 Å². The number of carbonyl (C=O) groups excluding carboxylic acids is 2. The fourth-order valence-corrected chi connectivity index (χ4v) is 1.01. The van der Waals surface area contributed by atoms with Crippen LogP contribution in [0.15, 0.2) is 0 Å². The monoisotopic (exact) mass is 216 g/mol. The maximum atomic E-state index is 11.3. The second-order valence-corrected chi connectivity index (χ2v) is 3.38. The van der Waals surface area contributed by atoms with Crippen LogP contribution in [0, 0.1) is 0 Å². The average molecular weight is 216 g/mol. The molecule has 0 aromatic rings. The van der Waals surface area contributed by atoms with Gasteiger partial charge in [-0.1, -0.05) is 6.92 Å². The molecule has 0 saturated carbocycles. The molecule has 0 radical (unpaired) electrons. The summed E-state index contributed by atoms with van der Waals surface area (Å²) < 4.78 is 4.86. The predicted octanol–water partition coefficient (Wildman–Crippen LogP) is 0.00590. The Hall–Kier alpha value is -1.10. The number of rotatable bonds is 6. The van der Waals surface area contributed by atoms with Crippen molar-refractivity contribution in [1.29, 1.82) is 0 Å². The molecule has 0 spiro atoms. The Bertz CT molecular complexity index is 217. The highest BCUT2D eigenvalue weighted by atomic mass is 16.5. The van der Waals surface area contributed by atoms with Crippen molar-refractivity contribution in [2.24, 2.45) is 0 Å². The number of carbonyl (C=O) groups is 2. The quantitative estimate of drug-likeness (QED) is 0.635. The number of likely N-dealkylation sites (N-methyl/N-ethyl adjacent to an activating group) is 1. The first-order valence-electron chi connectivity index (χ1n) is 5.13. The fourth-order valence-electron chi connectivity index (χ4n) is 1.01. The van der Waals surface area contributed by atoms with Gasteiger partial charge in [0.25, 0.3) is 0 Å². The van der Waals surface area contributed by atoms with E-state index >= 15 is 0 Å². The smallest absolute Gasteiger partial charge is 0.323 e. The van der Waals surface area contributed by atoms with Gasteiger partial charge in [0.05, 0.1) is 13.2 Å². The summed E-state index contributed by atoms with van der Waals surface area (Å²) in [6.07, 6.45) is 0.611. The molecule has 88 valence electrons. The summed E-state index contributed by atoms with van der Waals surface area (Å²) in [5.41, 5.74) is 0. The van der Waals surface area contributed by atoms with Gasteiger partial charge in [-0.15, -0.1) is 0 Å². The Morgan fingerprint density at radius 3 is 2.33 bits per heavy atom. The molecule has 1 atom stereocenters. The Kier molecular flexibility index (Phi) is 6.70. The first-order chi connectivity index (χ1) is 7.02. The van der Waals surface area contributed by atoms with Gasteiger partial charge in [0.2, 0.25) is 5.91 Å². The van der Waals surface area contributed by atoms with Gasteiger partial charge in [-0.3, -0.25) is 14.9 Å². The second kappa shape index (κ2) is 7.23. The summed E-state index contributed by atoms with van der Waals surface area (Å²) in [4.78, 5) is 24.1. The minimum Gasteiger partial charge on any atom is -0.465 e. The zero-order chi connectivity index (χ0) is 11.8. The molecule has 0 heterocycles. The van der Waals surface area contributed by atoms with Gasteiger partial charge in [-0.2, -0.15) is 0 Å². The van der Waals surface area contributed by atoms with Crippen LogP contribution in [0.3, 0.4) is 0 Å². The lowest BCUT2D eigenvalue weighted by atomic mass is 10.2. The molecule has 0 fully saturated rings. The van der Waals surface area contributed by atoms with E-state index in [4.69, 9.17) is 4.74 Å². The van der Waals surface area contributed by atoms with E-state index in [2.05, 4.69) is 5.32 Å². The first-order valence-corrected chi connectivity index (χ1v) is 5.13. The highest BCUT2D eigenvalue weighted by Crippen LogP contribution is 1.94. The Morgan fingerprint density at radius 2 is 1.93 bits per heavy atom. The van der Waals surface area contributed by atoms with Crippen LogP contribution >= 0.6 is 0 Å². The molecule has 5 nitrogen and oxygen atoms in total. The van der Waals surface area contributed by atoms with Gasteiger partial charge in [0.15, 0.2) is 0 Å². The number of ether oxygens (including phenoxy) is 1. The van der Waals surface area contributed by atoms with Crippen molar-refractivity contribution in [3.8, 4) is 0 Å². The van der Waals surface area contributed by atoms with Gasteiger partial charge < -0.3 is 9.64 Å². The van der Waals surface area contributed by atoms with Crippen LogP contribution in [-0.2, 0) is 14.3 Å². The lowest BCUT2D eigenvalue weighted by Gasteiger charge is -2.16. The lowest BCUT2D eigenvalue weighted by molar-refractivity contribution is -0.145. The average Bonchev–Trinajstić information content (AvgIpc) is 2.18. The lowest BCUT2D eigenvalue weighted by Crippen LogP contribution is -2.43. The molecule has 0 rings (SSSR count). The van der Waals surface area contributed by atoms with Crippen molar-refractivity contribution in [2.45, 2.75) is 26.3 Å². The van der Waals surface area contributed by atoms with Crippen LogP contribution in [-0.4, -0.2) is 50.1 Å². The zero-order valence-corrected chi connectivity index (χ0v) is 9.87. The Labute approximate surface area is 90.8 Å². The molecule has 0 aliphatic carbocycles. The van der Waals surface area contributed by atoms with Crippen LogP contribution in [0.25, 0.3) is 0 Å². The summed E-state index contributed by atoms with van der Waals surface area (Å²) in [6, 6.07) is -0.395. The molecular formula is C10H20N2O3. The molecule has 0 aliphatic rings. The van der Waals surface area contributed by atoms with E-state index in [1.807, 2.05) is 6.92 Å². The topological polar surface area (TPSA) is 58.6 Å². The number of esters is 1. The molecule has 1 unspecified atom stereocenters. The third-order valence-corrected chi connectivity index (χ3v) is 1.98. The van der Waals surface area contributed by atoms with Gasteiger partial charge in [-0.05, 0) is 13.3 Å². The molecule has 1 amide bonds. The van der Waals surface area contributed by atoms with E-state index < -0.39 is 6.04 Å². The summed E-state index contributed by atoms with van der Waals surface area (Å²) in [6.45, 7) is 4.15. The van der Waals surface area contributed by atoms with Crippen LogP contribution < -0.4 is 5.32 Å². The Morgan fingerprint density at radius 1 is 1.33 bits per heavy atom. The zero-order valence-electron chi connectivity index (χ0n) is 9.87. The van der Waals surface area contributed by atoms with Crippen molar-refractivity contribution in [2.75, 3.05) is 27.2 Å². The van der Waals surface area contributed by atoms with Gasteiger partial charge >= 0.3 is 5.97 Å². The highest BCUT2D eigenvalue weighted by Gasteiger charge is 2.18. The van der Waals surface area contributed by atoms with Crippen molar-refractivity contribution < 1.29 is 14.3 Å². The van der Waals surface area contributed by atoms with Crippen LogP contribution in [0.5, 0.6) is 0 Å². The summed E-state index contributed by atoms with van der Waals surface area (Å²) >= 11 is 0. The van der Waals surface area contributed by atoms with E-state index in [0.29, 0.717) is 13.0 Å². The maximum Gasteiger partial charge on any atom is 0.323 e. The van der Waals surface area contributed by atoms with Crippen molar-refractivity contribution in [1.82, 2.24) is 10.2 Å². The van der Waals surface area contributed by atoms with Crippen molar-refractivity contribution in [3.63, 3.8) is 0 Å². The van der Waals surface area contributed by atoms with Crippen molar-refractivity contribution in [3.05, 3.63) is 0 Å². The minimum atomic E-state index is -0.395. The van der Waals surface area contributed by atoms with Gasteiger partial charge in [-0.25, -0.2) is 0 Å². The standard InChI is InChI=1S/C10H20N2O3/c1-5-8(10(14)15-6-2)11-7-9(13)12(3)4/h8,11H,5-7H2,1-4H3. The first kappa shape index (κ1) is 13.9. The van der Waals surface area contributed by atoms with Gasteiger partial charge in [0, 0.05) is 14.1 Å². The molecule has 0 aromatic carbocycles. The van der Waals surface area contributed by atoms with E-state index in [-0.39, 0.29) is 18.4 Å². The summed E-state index contributed by atoms with van der Waals surface area (Å²) in [5.74, 6) is -0.357. The van der Waals surface area contributed by atoms with Gasteiger partial charge in [0.1, 0.15) is 6.04 Å². The molecule has 0 bridgehead atoms. The van der Waals surface area contributed by atoms with Crippen molar-refractivity contribution >= 4 is 11.9 Å². The number of hydrogen-bond donors (Lipinski definition) is 1. The predicted molar refractivity (Wildman–Crippen MR) is 57.4 cm³/mol. The molecule has 0 aliphatic heterocycles. The molecule has 5 heteroatoms. The van der Waals surface area contributed by atoms with E-state index in [9.17, 15) is 9.59 Å². The Balaban J connectivity index is 4.00. The largest absolute Gasteiger partial charge is 0.465 e. The molecule has 0 saturated heterocycles. The SMILES string of the molecule is CCOC(=O)C(CC)NCC(=O)N(C)C. The van der Waals surface area contributed by atoms with Crippen LogP contribution in [0.2, 0.25) is 0 Å². The van der Waals surface area contributed by atoms with E-state index in [1.54, 1.807) is 21.0 Å². The minimum absolute atomic E-state index is 0.0576. The number of nitrogens with zero attached hydrogens (tertiary/aromatic N) is 1. The third-order valence-electron chi connectivity index (χ3n) is 1.98. The molecule has 0 aromatic heterocycles. The number of nitrogens with one attached hydrogen (secondary N) is 1. The summed E-state index contributed by atoms with van der Waals surface area (Å²) in [7, 11) is 3.35. The number of amides is 1. The summed E-state index contributed by atoms with van der Waals surface area (Å²) in [5, 5.41) is 2.87. The van der Waals surface area contributed by atoms with E-state index in [0.717, 1.165) is 0 Å². The maximum absolute atomic E-state index is 11.3. The highest BCUT2D eigenvalue weighted by molar-refractivity contribution is 5.80. The second-order valence-electron chi connectivity index (χ2n) is 3.38. The molecule has 15 heavy (non-hydrogen) atoms. The molecule has 1 N–H and O–H groups in total. The van der Waals surface area contributed by atoms with Crippen LogP contribution in [0.4, 0.5) is 0 Å². The number of hydrogen-bond acceptors (Lipinski definition) is 4. The third kappa shape index (κ3) is 5.37. The van der Waals surface area contributed by atoms with Crippen LogP contribution in [0.1, 0.15) is 20.3 Å².